The zero-order chi connectivity index (χ0) is 18.9. The first-order valence-corrected chi connectivity index (χ1v) is 11.1. The fourth-order valence-corrected chi connectivity index (χ4v) is 4.86. The molecule has 136 valence electrons. The molecular formula is C18H17BrN2O3S2. The minimum absolute atomic E-state index is 0.154. The van der Waals surface area contributed by atoms with E-state index in [0.29, 0.717) is 5.13 Å². The third-order valence-electron chi connectivity index (χ3n) is 3.83. The number of fused-ring (bicyclic) bond motifs is 1. The molecule has 0 aliphatic heterocycles. The van der Waals surface area contributed by atoms with Crippen LogP contribution in [-0.2, 0) is 21.1 Å². The van der Waals surface area contributed by atoms with E-state index in [1.165, 1.54) is 11.3 Å². The van der Waals surface area contributed by atoms with Gasteiger partial charge in [0.05, 0.1) is 26.8 Å². The monoisotopic (exact) mass is 452 g/mol. The van der Waals surface area contributed by atoms with E-state index in [2.05, 4.69) is 26.2 Å². The van der Waals surface area contributed by atoms with Crippen molar-refractivity contribution >= 4 is 58.4 Å². The first kappa shape index (κ1) is 19.0. The van der Waals surface area contributed by atoms with Crippen molar-refractivity contribution in [3.05, 3.63) is 52.5 Å². The number of nitrogens with zero attached hydrogens (tertiary/aromatic N) is 1. The number of thiazole rings is 1. The van der Waals surface area contributed by atoms with Gasteiger partial charge in [0.25, 0.3) is 0 Å². The van der Waals surface area contributed by atoms with Crippen LogP contribution < -0.4 is 5.32 Å². The number of aromatic nitrogens is 1. The van der Waals surface area contributed by atoms with E-state index in [9.17, 15) is 13.2 Å². The van der Waals surface area contributed by atoms with E-state index in [1.807, 2.05) is 18.2 Å². The molecule has 1 aromatic heterocycles. The van der Waals surface area contributed by atoms with Crippen molar-refractivity contribution < 1.29 is 13.2 Å². The molecular weight excluding hydrogens is 436 g/mol. The normalized spacial score (nSPS) is 11.8. The maximum absolute atomic E-state index is 12.2. The molecule has 0 saturated heterocycles. The molecule has 0 saturated carbocycles. The van der Waals surface area contributed by atoms with Crippen LogP contribution in [0.2, 0.25) is 0 Å². The third kappa shape index (κ3) is 4.13. The predicted molar refractivity (Wildman–Crippen MR) is 108 cm³/mol. The van der Waals surface area contributed by atoms with Crippen LogP contribution in [0.25, 0.3) is 10.2 Å². The number of carbonyl (C=O) groups excluding carboxylic acids is 1. The number of rotatable bonds is 5. The number of hydrogen-bond acceptors (Lipinski definition) is 5. The number of sulfone groups is 1. The molecule has 5 nitrogen and oxygen atoms in total. The summed E-state index contributed by atoms with van der Waals surface area (Å²) in [6.45, 7) is 3.29. The summed E-state index contributed by atoms with van der Waals surface area (Å²) < 4.78 is 26.2. The van der Waals surface area contributed by atoms with Gasteiger partial charge in [0.15, 0.2) is 15.0 Å². The molecule has 2 aromatic carbocycles. The average molecular weight is 453 g/mol. The van der Waals surface area contributed by atoms with Crippen LogP contribution in [0.5, 0.6) is 0 Å². The molecule has 0 aliphatic carbocycles. The lowest BCUT2D eigenvalue weighted by Gasteiger charge is -2.08. The summed E-state index contributed by atoms with van der Waals surface area (Å²) in [5, 5.41) is 2.86. The Morgan fingerprint density at radius 3 is 2.54 bits per heavy atom. The topological polar surface area (TPSA) is 76.1 Å². The Morgan fingerprint density at radius 2 is 1.88 bits per heavy atom. The van der Waals surface area contributed by atoms with Gasteiger partial charge in [-0.05, 0) is 49.7 Å². The van der Waals surface area contributed by atoms with E-state index in [0.717, 1.165) is 20.3 Å². The Kier molecular flexibility index (Phi) is 5.45. The Morgan fingerprint density at radius 1 is 1.19 bits per heavy atom. The van der Waals surface area contributed by atoms with Gasteiger partial charge < -0.3 is 5.32 Å². The molecule has 3 aromatic rings. The molecule has 0 bridgehead atoms. The number of halogens is 1. The lowest BCUT2D eigenvalue weighted by atomic mass is 10.1. The molecule has 8 heteroatoms. The van der Waals surface area contributed by atoms with Crippen LogP contribution in [0.3, 0.4) is 0 Å². The lowest BCUT2D eigenvalue weighted by molar-refractivity contribution is -0.115. The maximum Gasteiger partial charge on any atom is 0.230 e. The Bertz CT molecular complexity index is 1060. The zero-order valence-corrected chi connectivity index (χ0v) is 17.4. The molecule has 0 aliphatic rings. The van der Waals surface area contributed by atoms with E-state index in [1.54, 1.807) is 38.1 Å². The van der Waals surface area contributed by atoms with E-state index in [4.69, 9.17) is 0 Å². The highest BCUT2D eigenvalue weighted by molar-refractivity contribution is 9.10. The van der Waals surface area contributed by atoms with Gasteiger partial charge in [0.1, 0.15) is 0 Å². The van der Waals surface area contributed by atoms with Gasteiger partial charge in [-0.2, -0.15) is 0 Å². The molecule has 26 heavy (non-hydrogen) atoms. The molecule has 3 rings (SSSR count). The third-order valence-corrected chi connectivity index (χ3v) is 7.43. The highest BCUT2D eigenvalue weighted by atomic mass is 79.9. The molecule has 0 atom stereocenters. The fourth-order valence-electron chi connectivity index (χ4n) is 2.37. The minimum atomic E-state index is -3.30. The van der Waals surface area contributed by atoms with Crippen molar-refractivity contribution in [1.82, 2.24) is 4.98 Å². The highest BCUT2D eigenvalue weighted by Gasteiger charge is 2.19. The molecule has 1 N–H and O–H groups in total. The molecule has 0 fully saturated rings. The van der Waals surface area contributed by atoms with Crippen molar-refractivity contribution in [1.29, 1.82) is 0 Å². The maximum atomic E-state index is 12.2. The van der Waals surface area contributed by atoms with Gasteiger partial charge in [-0.1, -0.05) is 39.4 Å². The number of nitrogens with one attached hydrogen (secondary N) is 1. The van der Waals surface area contributed by atoms with Gasteiger partial charge in [-0.25, -0.2) is 13.4 Å². The second kappa shape index (κ2) is 7.46. The molecule has 0 radical (unpaired) electrons. The summed E-state index contributed by atoms with van der Waals surface area (Å²) in [7, 11) is -3.30. The van der Waals surface area contributed by atoms with Gasteiger partial charge in [-0.15, -0.1) is 0 Å². The van der Waals surface area contributed by atoms with Crippen LogP contribution in [-0.4, -0.2) is 24.6 Å². The zero-order valence-electron chi connectivity index (χ0n) is 14.2. The first-order valence-electron chi connectivity index (χ1n) is 7.94. The number of amides is 1. The van der Waals surface area contributed by atoms with Crippen LogP contribution in [0, 0.1) is 0 Å². The molecule has 0 spiro atoms. The van der Waals surface area contributed by atoms with Crippen LogP contribution in [0.1, 0.15) is 19.4 Å². The quantitative estimate of drug-likeness (QED) is 0.621. The summed E-state index contributed by atoms with van der Waals surface area (Å²) >= 11 is 4.82. The van der Waals surface area contributed by atoms with Gasteiger partial charge in [-0.3, -0.25) is 4.79 Å². The van der Waals surface area contributed by atoms with E-state index >= 15 is 0 Å². The predicted octanol–water partition coefficient (Wildman–Crippen LogP) is 4.42. The lowest BCUT2D eigenvalue weighted by Crippen LogP contribution is -2.15. The van der Waals surface area contributed by atoms with Crippen molar-refractivity contribution in [3.63, 3.8) is 0 Å². The SMILES string of the molecule is CC(C)S(=O)(=O)c1ccc(CC(=O)Nc2nc3ccc(Br)cc3s2)cc1. The minimum Gasteiger partial charge on any atom is -0.302 e. The molecule has 1 heterocycles. The Hall–Kier alpha value is -1.77. The van der Waals surface area contributed by atoms with Crippen molar-refractivity contribution in [2.75, 3.05) is 5.32 Å². The van der Waals surface area contributed by atoms with Crippen LogP contribution in [0.15, 0.2) is 51.8 Å². The van der Waals surface area contributed by atoms with Crippen LogP contribution >= 0.6 is 27.3 Å². The highest BCUT2D eigenvalue weighted by Crippen LogP contribution is 2.28. The number of benzene rings is 2. The smallest absolute Gasteiger partial charge is 0.230 e. The Labute approximate surface area is 164 Å². The Balaban J connectivity index is 1.69. The largest absolute Gasteiger partial charge is 0.302 e. The standard InChI is InChI=1S/C18H17BrN2O3S2/c1-11(2)26(23,24)14-6-3-12(4-7-14)9-17(22)21-18-20-15-8-5-13(19)10-16(15)25-18/h3-8,10-11H,9H2,1-2H3,(H,20,21,22). The number of hydrogen-bond donors (Lipinski definition) is 1. The summed E-state index contributed by atoms with van der Waals surface area (Å²) in [5.74, 6) is -0.192. The average Bonchev–Trinajstić information content (AvgIpc) is 2.96. The first-order chi connectivity index (χ1) is 12.3. The van der Waals surface area contributed by atoms with Gasteiger partial charge in [0.2, 0.25) is 5.91 Å². The van der Waals surface area contributed by atoms with E-state index < -0.39 is 15.1 Å². The fraction of sp³-hybridized carbons (Fsp3) is 0.222. The summed E-state index contributed by atoms with van der Waals surface area (Å²) in [6, 6.07) is 12.2. The van der Waals surface area contributed by atoms with Crippen LogP contribution in [0.4, 0.5) is 5.13 Å². The molecule has 0 unspecified atom stereocenters. The van der Waals surface area contributed by atoms with Crippen molar-refractivity contribution in [2.24, 2.45) is 0 Å². The van der Waals surface area contributed by atoms with Gasteiger partial charge in [0, 0.05) is 4.47 Å². The van der Waals surface area contributed by atoms with Gasteiger partial charge >= 0.3 is 0 Å². The van der Waals surface area contributed by atoms with Crippen molar-refractivity contribution in [3.8, 4) is 0 Å². The second-order valence-electron chi connectivity index (χ2n) is 6.09. The molecule has 1 amide bonds. The summed E-state index contributed by atoms with van der Waals surface area (Å²) in [4.78, 5) is 16.9. The van der Waals surface area contributed by atoms with E-state index in [-0.39, 0.29) is 17.2 Å². The summed E-state index contributed by atoms with van der Waals surface area (Å²) in [5.41, 5.74) is 1.57. The summed E-state index contributed by atoms with van der Waals surface area (Å²) in [6.07, 6.45) is 0.154. The second-order valence-corrected chi connectivity index (χ2v) is 10.5. The number of carbonyl (C=O) groups is 1. The number of anilines is 1. The van der Waals surface area contributed by atoms with Crippen molar-refractivity contribution in [2.45, 2.75) is 30.4 Å².